The molecule has 1 amide bonds. The molecule has 0 aliphatic carbocycles. The first-order valence-corrected chi connectivity index (χ1v) is 12.9. The van der Waals surface area contributed by atoms with Gasteiger partial charge < -0.3 is 14.2 Å². The molecule has 0 radical (unpaired) electrons. The van der Waals surface area contributed by atoms with Gasteiger partial charge in [0.05, 0.1) is 17.0 Å². The van der Waals surface area contributed by atoms with Gasteiger partial charge in [0.1, 0.15) is 5.88 Å². The largest absolute Gasteiger partial charge is 0.498 e. The highest BCUT2D eigenvalue weighted by molar-refractivity contribution is 7.91. The second-order valence-electron chi connectivity index (χ2n) is 9.22. The van der Waals surface area contributed by atoms with Crippen LogP contribution in [0.1, 0.15) is 59.8 Å². The number of sulfone groups is 1. The number of hydrogen-bond donors (Lipinski definition) is 0. The van der Waals surface area contributed by atoms with Gasteiger partial charge in [0.15, 0.2) is 0 Å². The summed E-state index contributed by atoms with van der Waals surface area (Å²) in [6, 6.07) is 0.0434. The van der Waals surface area contributed by atoms with Crippen molar-refractivity contribution in [2.75, 3.05) is 18.2 Å². The Morgan fingerprint density at radius 3 is 2.39 bits per heavy atom. The first-order chi connectivity index (χ1) is 14.5. The van der Waals surface area contributed by atoms with Gasteiger partial charge in [-0.25, -0.2) is 18.4 Å². The molecule has 172 valence electrons. The lowest BCUT2D eigenvalue weighted by Crippen LogP contribution is -2.44. The number of halogens is 1. The molecule has 31 heavy (non-hydrogen) atoms. The van der Waals surface area contributed by atoms with Crippen LogP contribution in [0.2, 0.25) is 0 Å². The third-order valence-corrected chi connectivity index (χ3v) is 8.29. The highest BCUT2D eigenvalue weighted by atomic mass is 35.5. The van der Waals surface area contributed by atoms with E-state index in [2.05, 4.69) is 9.97 Å². The minimum absolute atomic E-state index is 0.0434. The number of amides is 1. The molecule has 8 nitrogen and oxygen atoms in total. The Labute approximate surface area is 190 Å². The van der Waals surface area contributed by atoms with E-state index in [0.29, 0.717) is 24.8 Å². The Morgan fingerprint density at radius 1 is 1.19 bits per heavy atom. The van der Waals surface area contributed by atoms with Crippen molar-refractivity contribution < 1.29 is 22.5 Å². The molecule has 0 N–H and O–H groups in total. The summed E-state index contributed by atoms with van der Waals surface area (Å²) in [4.78, 5) is 21.9. The zero-order valence-corrected chi connectivity index (χ0v) is 20.2. The van der Waals surface area contributed by atoms with Gasteiger partial charge in [0.2, 0.25) is 20.9 Å². The molecule has 0 aromatic carbocycles. The zero-order valence-electron chi connectivity index (χ0n) is 18.6. The van der Waals surface area contributed by atoms with E-state index < -0.39 is 28.2 Å². The van der Waals surface area contributed by atoms with Gasteiger partial charge in [-0.1, -0.05) is 0 Å². The van der Waals surface area contributed by atoms with Crippen LogP contribution >= 0.6 is 11.6 Å². The van der Waals surface area contributed by atoms with E-state index in [9.17, 15) is 13.2 Å². The highest BCUT2D eigenvalue weighted by Crippen LogP contribution is 2.36. The van der Waals surface area contributed by atoms with E-state index in [-0.39, 0.29) is 28.7 Å². The first-order valence-electron chi connectivity index (χ1n) is 10.7. The Hall–Kier alpha value is -1.23. The Bertz CT molecular complexity index is 879. The molecule has 2 fully saturated rings. The molecular weight excluding hydrogens is 441 g/mol. The molecule has 0 unspecified atom stereocenters. The van der Waals surface area contributed by atoms with E-state index in [1.807, 2.05) is 27.7 Å². The summed E-state index contributed by atoms with van der Waals surface area (Å²) in [5.41, 5.74) is -0.421. The van der Waals surface area contributed by atoms with Crippen molar-refractivity contribution in [1.29, 1.82) is 0 Å². The first kappa shape index (κ1) is 24.4. The Balaban J connectivity index is 1.59. The van der Waals surface area contributed by atoms with Crippen molar-refractivity contribution in [2.45, 2.75) is 82.2 Å². The van der Waals surface area contributed by atoms with Crippen molar-refractivity contribution >= 4 is 39.9 Å². The van der Waals surface area contributed by atoms with Crippen LogP contribution in [0.3, 0.4) is 0 Å². The van der Waals surface area contributed by atoms with Crippen LogP contribution in [0.25, 0.3) is 0 Å². The highest BCUT2D eigenvalue weighted by Gasteiger charge is 2.52. The average molecular weight is 472 g/mol. The molecule has 2 saturated heterocycles. The fourth-order valence-corrected chi connectivity index (χ4v) is 5.20. The molecule has 0 saturated carbocycles. The van der Waals surface area contributed by atoms with Crippen LogP contribution in [0.5, 0.6) is 0 Å². The fraction of sp³-hybridized carbons (Fsp3) is 0.750. The summed E-state index contributed by atoms with van der Waals surface area (Å²) in [5.74, 6) is -0.198. The summed E-state index contributed by atoms with van der Waals surface area (Å²) >= 11 is 5.71. The van der Waals surface area contributed by atoms with E-state index >= 15 is 0 Å². The van der Waals surface area contributed by atoms with E-state index in [0.717, 1.165) is 19.3 Å². The predicted octanol–water partition coefficient (Wildman–Crippen LogP) is 1.95. The summed E-state index contributed by atoms with van der Waals surface area (Å²) in [6.45, 7) is 8.47. The van der Waals surface area contributed by atoms with Gasteiger partial charge in [-0.2, -0.15) is 0 Å². The van der Waals surface area contributed by atoms with E-state index in [1.165, 1.54) is 12.4 Å². The summed E-state index contributed by atoms with van der Waals surface area (Å²) in [5, 5.41) is -0.204. The van der Waals surface area contributed by atoms with Gasteiger partial charge in [-0.3, -0.25) is 4.79 Å². The second-order valence-corrected chi connectivity index (χ2v) is 11.5. The third-order valence-electron chi connectivity index (χ3n) is 6.46. The molecule has 1 aromatic rings. The van der Waals surface area contributed by atoms with Gasteiger partial charge in [0, 0.05) is 30.4 Å². The predicted molar refractivity (Wildman–Crippen MR) is 119 cm³/mol. The molecule has 0 spiro atoms. The second kappa shape index (κ2) is 9.33. The van der Waals surface area contributed by atoms with E-state index in [4.69, 9.17) is 20.9 Å². The van der Waals surface area contributed by atoms with Crippen molar-refractivity contribution in [2.24, 2.45) is 0 Å². The number of carbonyl (C=O) groups excluding carboxylic acids is 1. The maximum Gasteiger partial charge on any atom is 0.498 e. The third kappa shape index (κ3) is 5.41. The number of rotatable bonds is 7. The van der Waals surface area contributed by atoms with Crippen LogP contribution < -0.4 is 5.46 Å². The molecular formula is C20H31BClN3O5S. The lowest BCUT2D eigenvalue weighted by atomic mass is 9.81. The molecule has 2 aliphatic heterocycles. The van der Waals surface area contributed by atoms with Gasteiger partial charge in [-0.15, -0.1) is 11.6 Å². The standard InChI is InChI=1S/C20H31BClN3O5S/c1-19(2)20(3,4)30-21(29-19)15-13-23-18(24-14-15)31(27,28)11-7-9-16-8-5-6-10-25(16)17(26)12-22/h13-14,16H,5-12H2,1-4H3/t16-/m0/s1. The number of piperidine rings is 1. The van der Waals surface area contributed by atoms with Crippen molar-refractivity contribution in [1.82, 2.24) is 14.9 Å². The topological polar surface area (TPSA) is 98.7 Å². The fourth-order valence-electron chi connectivity index (χ4n) is 3.89. The van der Waals surface area contributed by atoms with E-state index in [1.54, 1.807) is 4.90 Å². The average Bonchev–Trinajstić information content (AvgIpc) is 2.95. The summed E-state index contributed by atoms with van der Waals surface area (Å²) in [6.07, 6.45) is 6.82. The van der Waals surface area contributed by atoms with Crippen molar-refractivity contribution in [3.8, 4) is 0 Å². The number of nitrogens with zero attached hydrogens (tertiary/aromatic N) is 3. The zero-order chi connectivity index (χ0) is 22.9. The Kier molecular flexibility index (Phi) is 7.35. The maximum atomic E-state index is 12.7. The lowest BCUT2D eigenvalue weighted by molar-refractivity contribution is -0.132. The minimum atomic E-state index is -3.62. The van der Waals surface area contributed by atoms with Gasteiger partial charge in [0.25, 0.3) is 0 Å². The molecule has 1 aromatic heterocycles. The molecule has 3 heterocycles. The SMILES string of the molecule is CC1(C)OB(c2cnc(S(=O)(=O)CCC[C@@H]3CCCCN3C(=O)CCl)nc2)OC1(C)C. The van der Waals surface area contributed by atoms with Crippen LogP contribution in [0.4, 0.5) is 0 Å². The molecule has 11 heteroatoms. The number of likely N-dealkylation sites (tertiary alicyclic amines) is 1. The number of alkyl halides is 1. The van der Waals surface area contributed by atoms with Crippen molar-refractivity contribution in [3.63, 3.8) is 0 Å². The Morgan fingerprint density at radius 2 is 1.81 bits per heavy atom. The maximum absolute atomic E-state index is 12.7. The molecule has 3 rings (SSSR count). The molecule has 1 atom stereocenters. The molecule has 0 bridgehead atoms. The van der Waals surface area contributed by atoms with Gasteiger partial charge in [-0.05, 0) is 59.8 Å². The summed E-state index contributed by atoms with van der Waals surface area (Å²) < 4.78 is 37.3. The van der Waals surface area contributed by atoms with Crippen LogP contribution in [0.15, 0.2) is 17.6 Å². The van der Waals surface area contributed by atoms with Gasteiger partial charge >= 0.3 is 7.12 Å². The van der Waals surface area contributed by atoms with Crippen molar-refractivity contribution in [3.05, 3.63) is 12.4 Å². The van der Waals surface area contributed by atoms with Crippen LogP contribution in [-0.4, -0.2) is 71.7 Å². The monoisotopic (exact) mass is 471 g/mol. The smallest absolute Gasteiger partial charge is 0.399 e. The van der Waals surface area contributed by atoms with Crippen LogP contribution in [-0.2, 0) is 23.9 Å². The number of aromatic nitrogens is 2. The molecule has 2 aliphatic rings. The lowest BCUT2D eigenvalue weighted by Gasteiger charge is -2.35. The summed E-state index contributed by atoms with van der Waals surface area (Å²) in [7, 11) is -4.26. The quantitative estimate of drug-likeness (QED) is 0.340. The normalized spacial score (nSPS) is 23.2. The van der Waals surface area contributed by atoms with Crippen LogP contribution in [0, 0.1) is 0 Å². The number of hydrogen-bond acceptors (Lipinski definition) is 7. The minimum Gasteiger partial charge on any atom is -0.399 e. The number of carbonyl (C=O) groups is 1.